The summed E-state index contributed by atoms with van der Waals surface area (Å²) in [5.41, 5.74) is 3.71. The number of rotatable bonds is 7. The molecule has 0 radical (unpaired) electrons. The summed E-state index contributed by atoms with van der Waals surface area (Å²) in [6.45, 7) is 13.7. The average molecular weight is 510 g/mol. The first-order chi connectivity index (χ1) is 17.8. The second-order valence-corrected chi connectivity index (χ2v) is 10.6. The molecule has 5 heterocycles. The van der Waals surface area contributed by atoms with Gasteiger partial charge in [-0.25, -0.2) is 9.67 Å². The summed E-state index contributed by atoms with van der Waals surface area (Å²) in [7, 11) is 0. The molecule has 0 aliphatic carbocycles. The van der Waals surface area contributed by atoms with Crippen LogP contribution in [0.2, 0.25) is 0 Å². The average Bonchev–Trinajstić information content (AvgIpc) is 3.32. The van der Waals surface area contributed by atoms with Crippen LogP contribution in [-0.2, 0) is 11.3 Å². The van der Waals surface area contributed by atoms with E-state index >= 15 is 0 Å². The van der Waals surface area contributed by atoms with Crippen LogP contribution in [0.4, 0.5) is 5.82 Å². The number of aromatic nitrogens is 4. The standard InChI is InChI=1S/C27H39N7O3/c1-17(2)34-25-23(16-29-34)21(26(35)28-15-22-18(3)13-19(4)30-27(22)36)14-24(31-25)33-7-5-20(6-8-33)32-9-11-37-12-10-32/h13-14,16-17,20,26,28,35H,5-12,15H2,1-4H3,(H,30,36). The van der Waals surface area contributed by atoms with Crippen LogP contribution in [0.25, 0.3) is 11.0 Å². The largest absolute Gasteiger partial charge is 0.379 e. The number of pyridine rings is 2. The van der Waals surface area contributed by atoms with Gasteiger partial charge in [-0.15, -0.1) is 0 Å². The van der Waals surface area contributed by atoms with E-state index in [4.69, 9.17) is 9.72 Å². The summed E-state index contributed by atoms with van der Waals surface area (Å²) in [4.78, 5) is 25.2. The van der Waals surface area contributed by atoms with Crippen LogP contribution in [0.5, 0.6) is 0 Å². The number of nitrogens with one attached hydrogen (secondary N) is 2. The molecule has 2 aliphatic heterocycles. The second kappa shape index (κ2) is 10.9. The molecule has 0 aromatic carbocycles. The van der Waals surface area contributed by atoms with Gasteiger partial charge in [0.05, 0.1) is 19.4 Å². The number of aliphatic hydroxyl groups excluding tert-OH is 1. The van der Waals surface area contributed by atoms with Crippen molar-refractivity contribution in [3.63, 3.8) is 0 Å². The summed E-state index contributed by atoms with van der Waals surface area (Å²) in [6.07, 6.45) is 2.96. The topological polar surface area (TPSA) is 112 Å². The van der Waals surface area contributed by atoms with Gasteiger partial charge >= 0.3 is 0 Å². The Morgan fingerprint density at radius 1 is 1.16 bits per heavy atom. The number of piperidine rings is 1. The molecule has 0 saturated carbocycles. The molecule has 10 nitrogen and oxygen atoms in total. The number of H-pyrrole nitrogens is 1. The lowest BCUT2D eigenvalue weighted by Crippen LogP contribution is -2.49. The zero-order valence-electron chi connectivity index (χ0n) is 22.3. The molecule has 10 heteroatoms. The van der Waals surface area contributed by atoms with Crippen LogP contribution in [0, 0.1) is 13.8 Å². The van der Waals surface area contributed by atoms with Gasteiger partial charge in [-0.2, -0.15) is 5.10 Å². The van der Waals surface area contributed by atoms with Gasteiger partial charge in [0, 0.05) is 67.0 Å². The highest BCUT2D eigenvalue weighted by molar-refractivity contribution is 5.81. The molecule has 1 atom stereocenters. The normalized spacial score (nSPS) is 18.7. The van der Waals surface area contributed by atoms with Crippen molar-refractivity contribution in [2.24, 2.45) is 0 Å². The third-order valence-electron chi connectivity index (χ3n) is 7.69. The van der Waals surface area contributed by atoms with Gasteiger partial charge in [0.2, 0.25) is 0 Å². The SMILES string of the molecule is Cc1cc(C)c(CNC(O)c2cc(N3CCC(N4CCOCC4)CC3)nc3c2cnn3C(C)C)c(=O)[nH]1. The zero-order chi connectivity index (χ0) is 26.1. The maximum absolute atomic E-state index is 12.5. The first-order valence-electron chi connectivity index (χ1n) is 13.4. The Morgan fingerprint density at radius 3 is 2.57 bits per heavy atom. The number of fused-ring (bicyclic) bond motifs is 1. The number of morpholine rings is 1. The summed E-state index contributed by atoms with van der Waals surface area (Å²) in [5.74, 6) is 0.857. The molecule has 2 saturated heterocycles. The predicted molar refractivity (Wildman–Crippen MR) is 144 cm³/mol. The monoisotopic (exact) mass is 509 g/mol. The Bertz CT molecular complexity index is 1290. The van der Waals surface area contributed by atoms with E-state index in [-0.39, 0.29) is 18.1 Å². The van der Waals surface area contributed by atoms with Crippen LogP contribution >= 0.6 is 0 Å². The van der Waals surface area contributed by atoms with Crippen molar-refractivity contribution >= 4 is 16.9 Å². The van der Waals surface area contributed by atoms with Gasteiger partial charge < -0.3 is 19.7 Å². The minimum atomic E-state index is -0.972. The molecule has 3 N–H and O–H groups in total. The summed E-state index contributed by atoms with van der Waals surface area (Å²) in [6, 6.07) is 4.64. The molecule has 200 valence electrons. The Kier molecular flexibility index (Phi) is 7.62. The number of aromatic amines is 1. The van der Waals surface area contributed by atoms with E-state index in [1.165, 1.54) is 0 Å². The Labute approximate surface area is 217 Å². The Hall–Kier alpha value is -2.79. The van der Waals surface area contributed by atoms with Crippen LogP contribution in [-0.4, -0.2) is 75.2 Å². The van der Waals surface area contributed by atoms with Gasteiger partial charge in [-0.3, -0.25) is 15.0 Å². The third-order valence-corrected chi connectivity index (χ3v) is 7.69. The number of hydrogen-bond acceptors (Lipinski definition) is 8. The fraction of sp³-hybridized carbons (Fsp3) is 0.593. The van der Waals surface area contributed by atoms with E-state index in [0.717, 1.165) is 85.9 Å². The molecule has 1 unspecified atom stereocenters. The lowest BCUT2D eigenvalue weighted by Gasteiger charge is -2.40. The number of aryl methyl sites for hydroxylation is 2. The highest BCUT2D eigenvalue weighted by Crippen LogP contribution is 2.30. The molecular weight excluding hydrogens is 470 g/mol. The zero-order valence-corrected chi connectivity index (χ0v) is 22.3. The van der Waals surface area contributed by atoms with Crippen LogP contribution in [0.3, 0.4) is 0 Å². The van der Waals surface area contributed by atoms with Crippen molar-refractivity contribution in [2.75, 3.05) is 44.3 Å². The van der Waals surface area contributed by atoms with E-state index in [1.807, 2.05) is 30.7 Å². The van der Waals surface area contributed by atoms with Crippen molar-refractivity contribution in [1.82, 2.24) is 30.0 Å². The predicted octanol–water partition coefficient (Wildman–Crippen LogP) is 2.40. The molecule has 5 rings (SSSR count). The minimum Gasteiger partial charge on any atom is -0.379 e. The maximum Gasteiger partial charge on any atom is 0.252 e. The van der Waals surface area contributed by atoms with Crippen molar-refractivity contribution in [2.45, 2.75) is 65.4 Å². The lowest BCUT2D eigenvalue weighted by atomic mass is 10.0. The first-order valence-corrected chi connectivity index (χ1v) is 13.4. The number of nitrogens with zero attached hydrogens (tertiary/aromatic N) is 5. The Morgan fingerprint density at radius 2 is 1.89 bits per heavy atom. The molecule has 2 fully saturated rings. The fourth-order valence-corrected chi connectivity index (χ4v) is 5.61. The third kappa shape index (κ3) is 5.43. The first kappa shape index (κ1) is 25.8. The molecule has 0 spiro atoms. The summed E-state index contributed by atoms with van der Waals surface area (Å²) in [5, 5.41) is 19.8. The van der Waals surface area contributed by atoms with E-state index < -0.39 is 6.23 Å². The maximum atomic E-state index is 12.5. The van der Waals surface area contributed by atoms with E-state index in [9.17, 15) is 9.90 Å². The molecule has 0 bridgehead atoms. The summed E-state index contributed by atoms with van der Waals surface area (Å²) >= 11 is 0. The second-order valence-electron chi connectivity index (χ2n) is 10.6. The quantitative estimate of drug-likeness (QED) is 0.417. The highest BCUT2D eigenvalue weighted by atomic mass is 16.5. The van der Waals surface area contributed by atoms with Gasteiger partial charge in [-0.05, 0) is 58.2 Å². The molecule has 2 aliphatic rings. The van der Waals surface area contributed by atoms with Crippen LogP contribution in [0.15, 0.2) is 23.1 Å². The number of hydrogen-bond donors (Lipinski definition) is 3. The molecule has 3 aromatic rings. The van der Waals surface area contributed by atoms with Gasteiger partial charge in [0.25, 0.3) is 5.56 Å². The number of anilines is 1. The van der Waals surface area contributed by atoms with Gasteiger partial charge in [0.1, 0.15) is 12.0 Å². The van der Waals surface area contributed by atoms with Crippen molar-refractivity contribution in [1.29, 1.82) is 0 Å². The fourth-order valence-electron chi connectivity index (χ4n) is 5.61. The number of ether oxygens (including phenoxy) is 1. The van der Waals surface area contributed by atoms with E-state index in [1.54, 1.807) is 6.20 Å². The lowest BCUT2D eigenvalue weighted by molar-refractivity contribution is 0.0115. The van der Waals surface area contributed by atoms with E-state index in [2.05, 4.69) is 39.0 Å². The van der Waals surface area contributed by atoms with Crippen molar-refractivity contribution < 1.29 is 9.84 Å². The van der Waals surface area contributed by atoms with Crippen LogP contribution < -0.4 is 15.8 Å². The molecular formula is C27H39N7O3. The van der Waals surface area contributed by atoms with Crippen LogP contribution in [0.1, 0.15) is 61.3 Å². The number of aliphatic hydroxyl groups is 1. The van der Waals surface area contributed by atoms with Crippen molar-refractivity contribution in [3.05, 3.63) is 51.1 Å². The Balaban J connectivity index is 1.39. The highest BCUT2D eigenvalue weighted by Gasteiger charge is 2.28. The summed E-state index contributed by atoms with van der Waals surface area (Å²) < 4.78 is 7.43. The molecule has 3 aromatic heterocycles. The van der Waals surface area contributed by atoms with Gasteiger partial charge in [-0.1, -0.05) is 0 Å². The molecule has 0 amide bonds. The minimum absolute atomic E-state index is 0.131. The van der Waals surface area contributed by atoms with Crippen molar-refractivity contribution in [3.8, 4) is 0 Å². The smallest absolute Gasteiger partial charge is 0.252 e. The van der Waals surface area contributed by atoms with E-state index in [0.29, 0.717) is 11.6 Å². The molecule has 37 heavy (non-hydrogen) atoms. The van der Waals surface area contributed by atoms with Gasteiger partial charge in [0.15, 0.2) is 5.65 Å².